The number of nitrogens with zero attached hydrogens (tertiary/aromatic N) is 1. The van der Waals surface area contributed by atoms with Crippen LogP contribution in [0.15, 0.2) is 18.2 Å². The molecule has 0 saturated heterocycles. The molecule has 0 spiro atoms. The molecule has 0 unspecified atom stereocenters. The van der Waals surface area contributed by atoms with Crippen molar-refractivity contribution in [1.82, 2.24) is 4.90 Å². The van der Waals surface area contributed by atoms with Crippen LogP contribution in [0.3, 0.4) is 0 Å². The normalized spacial score (nSPS) is 13.2. The van der Waals surface area contributed by atoms with Gasteiger partial charge in [0.15, 0.2) is 11.5 Å². The van der Waals surface area contributed by atoms with Gasteiger partial charge in [0.1, 0.15) is 13.2 Å². The molecule has 1 aromatic carbocycles. The molecule has 1 aliphatic rings. The number of hydrogen-bond donors (Lipinski definition) is 0. The lowest BCUT2D eigenvalue weighted by Gasteiger charge is -2.25. The zero-order chi connectivity index (χ0) is 13.7. The molecular weight excluding hydrogens is 266 g/mol. The standard InChI is InChI=1S/C14H18ClNO3/c1-2-7-16(8-6-15)14(17)11-4-3-5-12-13(11)19-10-9-18-12/h3-5H,2,6-10H2,1H3. The van der Waals surface area contributed by atoms with Gasteiger partial charge in [0, 0.05) is 19.0 Å². The Hall–Kier alpha value is -1.42. The molecule has 1 amide bonds. The second-order valence-electron chi connectivity index (χ2n) is 4.31. The van der Waals surface area contributed by atoms with Crippen LogP contribution in [0.4, 0.5) is 0 Å². The third-order valence-corrected chi connectivity index (χ3v) is 3.10. The molecule has 5 heteroatoms. The number of para-hydroxylation sites is 1. The maximum Gasteiger partial charge on any atom is 0.257 e. The molecule has 1 heterocycles. The highest BCUT2D eigenvalue weighted by molar-refractivity contribution is 6.18. The van der Waals surface area contributed by atoms with Crippen LogP contribution < -0.4 is 9.47 Å². The van der Waals surface area contributed by atoms with Crippen molar-refractivity contribution in [3.05, 3.63) is 23.8 Å². The molecule has 0 bridgehead atoms. The van der Waals surface area contributed by atoms with Crippen LogP contribution in [0, 0.1) is 0 Å². The van der Waals surface area contributed by atoms with Gasteiger partial charge in [0.05, 0.1) is 5.56 Å². The second kappa shape index (κ2) is 6.66. The molecule has 0 aromatic heterocycles. The van der Waals surface area contributed by atoms with Gasteiger partial charge in [0.2, 0.25) is 0 Å². The number of rotatable bonds is 5. The van der Waals surface area contributed by atoms with Gasteiger partial charge in [-0.1, -0.05) is 13.0 Å². The van der Waals surface area contributed by atoms with E-state index in [2.05, 4.69) is 0 Å². The molecule has 0 saturated carbocycles. The van der Waals surface area contributed by atoms with Crippen LogP contribution in [0.5, 0.6) is 11.5 Å². The largest absolute Gasteiger partial charge is 0.486 e. The summed E-state index contributed by atoms with van der Waals surface area (Å²) in [5, 5.41) is 0. The maximum absolute atomic E-state index is 12.5. The van der Waals surface area contributed by atoms with Gasteiger partial charge in [0.25, 0.3) is 5.91 Å². The van der Waals surface area contributed by atoms with Gasteiger partial charge >= 0.3 is 0 Å². The van der Waals surface area contributed by atoms with E-state index in [1.54, 1.807) is 11.0 Å². The number of benzene rings is 1. The molecule has 0 radical (unpaired) electrons. The fourth-order valence-corrected chi connectivity index (χ4v) is 2.30. The van der Waals surface area contributed by atoms with Gasteiger partial charge < -0.3 is 14.4 Å². The topological polar surface area (TPSA) is 38.8 Å². The summed E-state index contributed by atoms with van der Waals surface area (Å²) < 4.78 is 11.1. The number of carbonyl (C=O) groups excluding carboxylic acids is 1. The number of carbonyl (C=O) groups is 1. The SMILES string of the molecule is CCCN(CCCl)C(=O)c1cccc2c1OCCO2. The number of alkyl halides is 1. The average Bonchev–Trinajstić information content (AvgIpc) is 2.46. The van der Waals surface area contributed by atoms with Crippen molar-refractivity contribution in [3.63, 3.8) is 0 Å². The van der Waals surface area contributed by atoms with Crippen LogP contribution in [0.1, 0.15) is 23.7 Å². The van der Waals surface area contributed by atoms with Crippen molar-refractivity contribution in [2.24, 2.45) is 0 Å². The first-order chi connectivity index (χ1) is 9.27. The van der Waals surface area contributed by atoms with E-state index in [0.29, 0.717) is 49.2 Å². The van der Waals surface area contributed by atoms with Crippen LogP contribution >= 0.6 is 11.6 Å². The van der Waals surface area contributed by atoms with Gasteiger partial charge in [-0.3, -0.25) is 4.79 Å². The molecule has 1 aromatic rings. The molecule has 1 aliphatic heterocycles. The summed E-state index contributed by atoms with van der Waals surface area (Å²) in [6.45, 7) is 4.26. The highest BCUT2D eigenvalue weighted by Crippen LogP contribution is 2.34. The van der Waals surface area contributed by atoms with E-state index in [4.69, 9.17) is 21.1 Å². The summed E-state index contributed by atoms with van der Waals surface area (Å²) in [5.41, 5.74) is 0.552. The predicted octanol–water partition coefficient (Wildman–Crippen LogP) is 2.55. The zero-order valence-corrected chi connectivity index (χ0v) is 11.8. The Bertz CT molecular complexity index is 444. The van der Waals surface area contributed by atoms with Gasteiger partial charge in [-0.05, 0) is 18.6 Å². The Labute approximate surface area is 118 Å². The quantitative estimate of drug-likeness (QED) is 0.780. The van der Waals surface area contributed by atoms with Gasteiger partial charge in [-0.2, -0.15) is 0 Å². The number of fused-ring (bicyclic) bond motifs is 1. The van der Waals surface area contributed by atoms with Gasteiger partial charge in [-0.25, -0.2) is 0 Å². The Morgan fingerprint density at radius 2 is 2.11 bits per heavy atom. The summed E-state index contributed by atoms with van der Waals surface area (Å²) in [7, 11) is 0. The van der Waals surface area contributed by atoms with E-state index in [0.717, 1.165) is 6.42 Å². The molecule has 4 nitrogen and oxygen atoms in total. The third kappa shape index (κ3) is 3.13. The molecule has 0 aliphatic carbocycles. The highest BCUT2D eigenvalue weighted by Gasteiger charge is 2.23. The zero-order valence-electron chi connectivity index (χ0n) is 11.0. The van der Waals surface area contributed by atoms with E-state index in [9.17, 15) is 4.79 Å². The van der Waals surface area contributed by atoms with Crippen LogP contribution in [0.2, 0.25) is 0 Å². The fraction of sp³-hybridized carbons (Fsp3) is 0.500. The Morgan fingerprint density at radius 1 is 1.32 bits per heavy atom. The number of amides is 1. The number of hydrogen-bond acceptors (Lipinski definition) is 3. The van der Waals surface area contributed by atoms with Crippen LogP contribution in [-0.2, 0) is 0 Å². The van der Waals surface area contributed by atoms with Crippen molar-refractivity contribution in [1.29, 1.82) is 0 Å². The Kier molecular flexibility index (Phi) is 4.91. The molecule has 19 heavy (non-hydrogen) atoms. The minimum absolute atomic E-state index is 0.0511. The number of halogens is 1. The van der Waals surface area contributed by atoms with E-state index in [1.165, 1.54) is 0 Å². The van der Waals surface area contributed by atoms with Crippen molar-refractivity contribution >= 4 is 17.5 Å². The first kappa shape index (κ1) is 14.0. The minimum Gasteiger partial charge on any atom is -0.486 e. The molecular formula is C14H18ClNO3. The minimum atomic E-state index is -0.0511. The first-order valence-corrected chi connectivity index (χ1v) is 7.05. The highest BCUT2D eigenvalue weighted by atomic mass is 35.5. The monoisotopic (exact) mass is 283 g/mol. The molecule has 104 valence electrons. The summed E-state index contributed by atoms with van der Waals surface area (Å²) in [5.74, 6) is 1.57. The van der Waals surface area contributed by atoms with E-state index >= 15 is 0 Å². The Morgan fingerprint density at radius 3 is 2.84 bits per heavy atom. The summed E-state index contributed by atoms with van der Waals surface area (Å²) >= 11 is 5.76. The van der Waals surface area contributed by atoms with Crippen LogP contribution in [-0.4, -0.2) is 43.0 Å². The Balaban J connectivity index is 2.27. The van der Waals surface area contributed by atoms with Crippen molar-refractivity contribution in [3.8, 4) is 11.5 Å². The summed E-state index contributed by atoms with van der Waals surface area (Å²) in [4.78, 5) is 14.3. The lowest BCUT2D eigenvalue weighted by molar-refractivity contribution is 0.0755. The van der Waals surface area contributed by atoms with Crippen molar-refractivity contribution in [2.45, 2.75) is 13.3 Å². The molecule has 0 atom stereocenters. The summed E-state index contributed by atoms with van der Waals surface area (Å²) in [6, 6.07) is 5.40. The maximum atomic E-state index is 12.5. The first-order valence-electron chi connectivity index (χ1n) is 6.51. The van der Waals surface area contributed by atoms with E-state index in [-0.39, 0.29) is 5.91 Å². The summed E-state index contributed by atoms with van der Waals surface area (Å²) in [6.07, 6.45) is 0.898. The lowest BCUT2D eigenvalue weighted by atomic mass is 10.1. The lowest BCUT2D eigenvalue weighted by Crippen LogP contribution is -2.34. The average molecular weight is 284 g/mol. The third-order valence-electron chi connectivity index (χ3n) is 2.93. The predicted molar refractivity (Wildman–Crippen MR) is 74.3 cm³/mol. The van der Waals surface area contributed by atoms with Crippen molar-refractivity contribution < 1.29 is 14.3 Å². The molecule has 2 rings (SSSR count). The fourth-order valence-electron chi connectivity index (χ4n) is 2.10. The smallest absolute Gasteiger partial charge is 0.257 e. The molecule has 0 fully saturated rings. The number of ether oxygens (including phenoxy) is 2. The van der Waals surface area contributed by atoms with E-state index < -0.39 is 0 Å². The van der Waals surface area contributed by atoms with Crippen LogP contribution in [0.25, 0.3) is 0 Å². The van der Waals surface area contributed by atoms with Crippen molar-refractivity contribution in [2.75, 3.05) is 32.2 Å². The van der Waals surface area contributed by atoms with E-state index in [1.807, 2.05) is 19.1 Å². The van der Waals surface area contributed by atoms with Gasteiger partial charge in [-0.15, -0.1) is 11.6 Å². The molecule has 0 N–H and O–H groups in total. The second-order valence-corrected chi connectivity index (χ2v) is 4.69.